The predicted molar refractivity (Wildman–Crippen MR) is 49.3 cm³/mol. The van der Waals surface area contributed by atoms with Crippen molar-refractivity contribution in [2.45, 2.75) is 19.8 Å². The molecule has 0 aliphatic heterocycles. The molecule has 0 N–H and O–H groups in total. The number of esters is 1. The Morgan fingerprint density at radius 2 is 2.50 bits per heavy atom. The number of hydrogen-bond acceptors (Lipinski definition) is 3. The highest BCUT2D eigenvalue weighted by Gasteiger charge is 2.03. The lowest BCUT2D eigenvalue weighted by Gasteiger charge is -2.00. The topological polar surface area (TPSA) is 26.3 Å². The molecule has 0 amide bonds. The van der Waals surface area contributed by atoms with E-state index in [4.69, 9.17) is 4.74 Å². The Morgan fingerprint density at radius 1 is 1.67 bits per heavy atom. The molecule has 0 aliphatic carbocycles. The number of carbonyl (C=O) groups excluding carboxylic acids is 1. The lowest BCUT2D eigenvalue weighted by atomic mass is 10.3. The van der Waals surface area contributed by atoms with E-state index in [2.05, 4.69) is 0 Å². The first-order valence-corrected chi connectivity index (χ1v) is 4.89. The molecule has 0 radical (unpaired) electrons. The fraction of sp³-hybridized carbons (Fsp3) is 0.444. The molecule has 1 heterocycles. The summed E-state index contributed by atoms with van der Waals surface area (Å²) in [6.45, 7) is 2.52. The Kier molecular flexibility index (Phi) is 3.80. The van der Waals surface area contributed by atoms with Crippen molar-refractivity contribution in [2.24, 2.45) is 0 Å². The van der Waals surface area contributed by atoms with E-state index in [9.17, 15) is 4.79 Å². The molecule has 0 saturated heterocycles. The van der Waals surface area contributed by atoms with Crippen LogP contribution in [0.5, 0.6) is 0 Å². The van der Waals surface area contributed by atoms with Gasteiger partial charge in [-0.2, -0.15) is 0 Å². The highest BCUT2D eigenvalue weighted by atomic mass is 32.1. The maximum absolute atomic E-state index is 11.1. The zero-order chi connectivity index (χ0) is 8.81. The van der Waals surface area contributed by atoms with Gasteiger partial charge in [0.25, 0.3) is 0 Å². The lowest BCUT2D eigenvalue weighted by molar-refractivity contribution is -0.142. The van der Waals surface area contributed by atoms with Gasteiger partial charge in [0.2, 0.25) is 0 Å². The second kappa shape index (κ2) is 4.93. The average molecular weight is 184 g/mol. The van der Waals surface area contributed by atoms with E-state index >= 15 is 0 Å². The second-order valence-electron chi connectivity index (χ2n) is 2.48. The zero-order valence-corrected chi connectivity index (χ0v) is 7.89. The van der Waals surface area contributed by atoms with E-state index in [-0.39, 0.29) is 5.97 Å². The summed E-state index contributed by atoms with van der Waals surface area (Å²) >= 11 is 1.58. The number of carbonyl (C=O) groups is 1. The van der Waals surface area contributed by atoms with Gasteiger partial charge in [0, 0.05) is 4.88 Å². The molecule has 2 nitrogen and oxygen atoms in total. The van der Waals surface area contributed by atoms with Crippen molar-refractivity contribution in [1.82, 2.24) is 0 Å². The van der Waals surface area contributed by atoms with Crippen LogP contribution in [0.25, 0.3) is 0 Å². The Balaban J connectivity index is 2.27. The van der Waals surface area contributed by atoms with Gasteiger partial charge in [-0.25, -0.2) is 0 Å². The fourth-order valence-electron chi connectivity index (χ4n) is 0.822. The zero-order valence-electron chi connectivity index (χ0n) is 7.08. The first kappa shape index (κ1) is 9.26. The molecule has 0 spiro atoms. The van der Waals surface area contributed by atoms with Crippen molar-refractivity contribution in [2.75, 3.05) is 6.61 Å². The van der Waals surface area contributed by atoms with Crippen LogP contribution in [-0.2, 0) is 16.0 Å². The molecule has 1 aromatic heterocycles. The fourth-order valence-corrected chi connectivity index (χ4v) is 1.51. The quantitative estimate of drug-likeness (QED) is 0.671. The van der Waals surface area contributed by atoms with E-state index in [1.54, 1.807) is 11.3 Å². The summed E-state index contributed by atoms with van der Waals surface area (Å²) in [6, 6.07) is 3.88. The van der Waals surface area contributed by atoms with Crippen LogP contribution in [-0.4, -0.2) is 12.6 Å². The van der Waals surface area contributed by atoms with Crippen LogP contribution in [0.15, 0.2) is 17.5 Å². The monoisotopic (exact) mass is 184 g/mol. The van der Waals surface area contributed by atoms with Crippen LogP contribution in [0.2, 0.25) is 0 Å². The molecule has 0 aromatic carbocycles. The maximum Gasteiger partial charge on any atom is 0.311 e. The first-order chi connectivity index (χ1) is 5.83. The standard InChI is InChI=1S/C9H12O2S/c1-2-5-11-9(10)7-8-4-3-6-12-8/h3-4,6H,2,5,7H2,1H3. The van der Waals surface area contributed by atoms with Gasteiger partial charge in [-0.05, 0) is 17.9 Å². The van der Waals surface area contributed by atoms with Crippen molar-refractivity contribution in [1.29, 1.82) is 0 Å². The van der Waals surface area contributed by atoms with Crippen molar-refractivity contribution in [3.05, 3.63) is 22.4 Å². The minimum atomic E-state index is -0.126. The second-order valence-corrected chi connectivity index (χ2v) is 3.51. The third kappa shape index (κ3) is 3.05. The van der Waals surface area contributed by atoms with Gasteiger partial charge < -0.3 is 4.74 Å². The first-order valence-electron chi connectivity index (χ1n) is 4.01. The van der Waals surface area contributed by atoms with Crippen molar-refractivity contribution < 1.29 is 9.53 Å². The molecule has 0 fully saturated rings. The van der Waals surface area contributed by atoms with Gasteiger partial charge in [-0.1, -0.05) is 13.0 Å². The van der Waals surface area contributed by atoms with E-state index in [1.165, 1.54) is 0 Å². The van der Waals surface area contributed by atoms with Crippen LogP contribution >= 0.6 is 11.3 Å². The summed E-state index contributed by atoms with van der Waals surface area (Å²) in [5, 5.41) is 1.96. The summed E-state index contributed by atoms with van der Waals surface area (Å²) in [6.07, 6.45) is 1.30. The lowest BCUT2D eigenvalue weighted by Crippen LogP contribution is -2.07. The van der Waals surface area contributed by atoms with Gasteiger partial charge >= 0.3 is 5.97 Å². The molecule has 0 saturated carbocycles. The molecule has 66 valence electrons. The van der Waals surface area contributed by atoms with E-state index in [0.717, 1.165) is 11.3 Å². The Morgan fingerprint density at radius 3 is 3.08 bits per heavy atom. The normalized spacial score (nSPS) is 9.75. The Hall–Kier alpha value is -0.830. The third-order valence-electron chi connectivity index (χ3n) is 1.37. The Labute approximate surface area is 76.2 Å². The summed E-state index contributed by atoms with van der Waals surface area (Å²) in [5.74, 6) is -0.126. The molecular weight excluding hydrogens is 172 g/mol. The minimum Gasteiger partial charge on any atom is -0.465 e. The summed E-state index contributed by atoms with van der Waals surface area (Å²) in [7, 11) is 0. The SMILES string of the molecule is CCCOC(=O)Cc1cccs1. The molecule has 0 unspecified atom stereocenters. The van der Waals surface area contributed by atoms with E-state index in [1.807, 2.05) is 24.4 Å². The van der Waals surface area contributed by atoms with Crippen LogP contribution in [0, 0.1) is 0 Å². The highest BCUT2D eigenvalue weighted by Crippen LogP contribution is 2.09. The molecule has 0 bridgehead atoms. The largest absolute Gasteiger partial charge is 0.465 e. The van der Waals surface area contributed by atoms with Gasteiger partial charge in [0.05, 0.1) is 13.0 Å². The molecule has 0 aliphatic rings. The van der Waals surface area contributed by atoms with Crippen molar-refractivity contribution >= 4 is 17.3 Å². The number of rotatable bonds is 4. The summed E-state index contributed by atoms with van der Waals surface area (Å²) < 4.78 is 4.93. The van der Waals surface area contributed by atoms with Crippen LogP contribution in [0.1, 0.15) is 18.2 Å². The van der Waals surface area contributed by atoms with E-state index < -0.39 is 0 Å². The van der Waals surface area contributed by atoms with Crippen molar-refractivity contribution in [3.8, 4) is 0 Å². The smallest absolute Gasteiger partial charge is 0.311 e. The third-order valence-corrected chi connectivity index (χ3v) is 2.24. The van der Waals surface area contributed by atoms with Gasteiger partial charge in [0.15, 0.2) is 0 Å². The molecule has 0 atom stereocenters. The number of thiophene rings is 1. The minimum absolute atomic E-state index is 0.126. The molecule has 3 heteroatoms. The van der Waals surface area contributed by atoms with Gasteiger partial charge in [-0.3, -0.25) is 4.79 Å². The summed E-state index contributed by atoms with van der Waals surface area (Å²) in [5.41, 5.74) is 0. The van der Waals surface area contributed by atoms with Crippen LogP contribution in [0.4, 0.5) is 0 Å². The molecule has 1 rings (SSSR count). The summed E-state index contributed by atoms with van der Waals surface area (Å²) in [4.78, 5) is 12.1. The van der Waals surface area contributed by atoms with Gasteiger partial charge in [-0.15, -0.1) is 11.3 Å². The van der Waals surface area contributed by atoms with E-state index in [0.29, 0.717) is 13.0 Å². The van der Waals surface area contributed by atoms with Crippen LogP contribution in [0.3, 0.4) is 0 Å². The number of hydrogen-bond donors (Lipinski definition) is 0. The Bertz CT molecular complexity index is 229. The molecular formula is C9H12O2S. The van der Waals surface area contributed by atoms with Gasteiger partial charge in [0.1, 0.15) is 0 Å². The highest BCUT2D eigenvalue weighted by molar-refractivity contribution is 7.10. The van der Waals surface area contributed by atoms with Crippen LogP contribution < -0.4 is 0 Å². The molecule has 1 aromatic rings. The average Bonchev–Trinajstić information content (AvgIpc) is 2.53. The number of ether oxygens (including phenoxy) is 1. The van der Waals surface area contributed by atoms with Crippen molar-refractivity contribution in [3.63, 3.8) is 0 Å². The maximum atomic E-state index is 11.1. The molecule has 12 heavy (non-hydrogen) atoms. The predicted octanol–water partition coefficient (Wildman–Crippen LogP) is 2.24.